The maximum atomic E-state index is 5.83. The zero-order valence-electron chi connectivity index (χ0n) is 10.9. The number of aromatic nitrogens is 3. The molecular weight excluding hydrogens is 299 g/mol. The van der Waals surface area contributed by atoms with Crippen molar-refractivity contribution in [2.24, 2.45) is 0 Å². The highest BCUT2D eigenvalue weighted by Crippen LogP contribution is 2.14. The van der Waals surface area contributed by atoms with Crippen LogP contribution in [0.3, 0.4) is 0 Å². The lowest BCUT2D eigenvalue weighted by Crippen LogP contribution is -2.07. The monoisotopic (exact) mass is 312 g/mol. The fraction of sp³-hybridized carbons (Fsp3) is 0.308. The first-order valence-electron chi connectivity index (χ1n) is 6.20. The summed E-state index contributed by atoms with van der Waals surface area (Å²) in [7, 11) is 0. The molecule has 0 bridgehead atoms. The van der Waals surface area contributed by atoms with Crippen molar-refractivity contribution in [1.29, 1.82) is 0 Å². The summed E-state index contributed by atoms with van der Waals surface area (Å²) < 4.78 is 5.34. The van der Waals surface area contributed by atoms with Gasteiger partial charge >= 0.3 is 6.01 Å². The van der Waals surface area contributed by atoms with E-state index in [9.17, 15) is 0 Å². The van der Waals surface area contributed by atoms with Gasteiger partial charge in [0.05, 0.1) is 6.61 Å². The molecule has 7 heteroatoms. The van der Waals surface area contributed by atoms with Crippen LogP contribution >= 0.6 is 23.2 Å². The van der Waals surface area contributed by atoms with Crippen LogP contribution in [0.25, 0.3) is 0 Å². The number of ether oxygens (including phenoxy) is 1. The topological polar surface area (TPSA) is 59.9 Å². The Morgan fingerprint density at radius 2 is 1.85 bits per heavy atom. The molecule has 1 heterocycles. The van der Waals surface area contributed by atoms with Crippen molar-refractivity contribution in [3.05, 3.63) is 40.1 Å². The molecule has 0 amide bonds. The predicted octanol–water partition coefficient (Wildman–Crippen LogP) is 3.58. The van der Waals surface area contributed by atoms with Gasteiger partial charge in [-0.3, -0.25) is 0 Å². The minimum Gasteiger partial charge on any atom is -0.463 e. The van der Waals surface area contributed by atoms with Gasteiger partial charge in [-0.15, -0.1) is 0 Å². The van der Waals surface area contributed by atoms with Crippen LogP contribution in [0, 0.1) is 0 Å². The molecule has 106 valence electrons. The Morgan fingerprint density at radius 3 is 2.55 bits per heavy atom. The SMILES string of the molecule is CCCOc1nc(Cl)nc(NCc2ccc(Cl)cc2)n1. The van der Waals surface area contributed by atoms with E-state index in [1.165, 1.54) is 0 Å². The molecule has 0 spiro atoms. The number of rotatable bonds is 6. The van der Waals surface area contributed by atoms with Gasteiger partial charge in [0, 0.05) is 11.6 Å². The van der Waals surface area contributed by atoms with Crippen LogP contribution in [-0.4, -0.2) is 21.6 Å². The van der Waals surface area contributed by atoms with E-state index in [1.54, 1.807) is 0 Å². The van der Waals surface area contributed by atoms with Crippen molar-refractivity contribution in [2.75, 3.05) is 11.9 Å². The second-order valence-corrected chi connectivity index (χ2v) is 4.81. The molecular formula is C13H14Cl2N4O. The zero-order chi connectivity index (χ0) is 14.4. The number of hydrogen-bond donors (Lipinski definition) is 1. The number of benzene rings is 1. The van der Waals surface area contributed by atoms with Crippen LogP contribution in [0.1, 0.15) is 18.9 Å². The molecule has 1 aromatic heterocycles. The molecule has 0 aliphatic rings. The third-order valence-corrected chi connectivity index (χ3v) is 2.81. The standard InChI is InChI=1S/C13H14Cl2N4O/c1-2-7-20-13-18-11(15)17-12(19-13)16-8-9-3-5-10(14)6-4-9/h3-6H,2,7-8H2,1H3,(H,16,17,18,19). The van der Waals surface area contributed by atoms with Crippen LogP contribution in [0.5, 0.6) is 6.01 Å². The Labute approximate surface area is 127 Å². The molecule has 1 aromatic carbocycles. The summed E-state index contributed by atoms with van der Waals surface area (Å²) in [5, 5.41) is 3.87. The maximum Gasteiger partial charge on any atom is 0.322 e. The number of nitrogens with one attached hydrogen (secondary N) is 1. The number of anilines is 1. The van der Waals surface area contributed by atoms with Gasteiger partial charge in [-0.05, 0) is 35.7 Å². The Morgan fingerprint density at radius 1 is 1.10 bits per heavy atom. The summed E-state index contributed by atoms with van der Waals surface area (Å²) in [6.07, 6.45) is 0.872. The molecule has 1 N–H and O–H groups in total. The fourth-order valence-electron chi connectivity index (χ4n) is 1.45. The fourth-order valence-corrected chi connectivity index (χ4v) is 1.73. The van der Waals surface area contributed by atoms with Gasteiger partial charge in [-0.1, -0.05) is 30.7 Å². The van der Waals surface area contributed by atoms with Gasteiger partial charge in [-0.2, -0.15) is 15.0 Å². The van der Waals surface area contributed by atoms with E-state index in [4.69, 9.17) is 27.9 Å². The van der Waals surface area contributed by atoms with Crippen molar-refractivity contribution in [1.82, 2.24) is 15.0 Å². The molecule has 0 saturated carbocycles. The summed E-state index contributed by atoms with van der Waals surface area (Å²) in [4.78, 5) is 12.0. The zero-order valence-corrected chi connectivity index (χ0v) is 12.4. The summed E-state index contributed by atoms with van der Waals surface area (Å²) >= 11 is 11.7. The molecule has 0 atom stereocenters. The normalized spacial score (nSPS) is 10.3. The van der Waals surface area contributed by atoms with Crippen molar-refractivity contribution >= 4 is 29.2 Å². The lowest BCUT2D eigenvalue weighted by molar-refractivity contribution is 0.291. The molecule has 2 aromatic rings. The van der Waals surface area contributed by atoms with Crippen LogP contribution in [0.2, 0.25) is 10.3 Å². The van der Waals surface area contributed by atoms with E-state index >= 15 is 0 Å². The summed E-state index contributed by atoms with van der Waals surface area (Å²) in [6, 6.07) is 7.73. The number of halogens is 2. The molecule has 5 nitrogen and oxygen atoms in total. The highest BCUT2D eigenvalue weighted by molar-refractivity contribution is 6.30. The van der Waals surface area contributed by atoms with E-state index in [0.29, 0.717) is 24.1 Å². The highest BCUT2D eigenvalue weighted by Gasteiger charge is 2.05. The molecule has 20 heavy (non-hydrogen) atoms. The summed E-state index contributed by atoms with van der Waals surface area (Å²) in [5.41, 5.74) is 1.06. The van der Waals surface area contributed by atoms with Gasteiger partial charge in [0.15, 0.2) is 0 Å². The van der Waals surface area contributed by atoms with Crippen molar-refractivity contribution < 1.29 is 4.74 Å². The van der Waals surface area contributed by atoms with E-state index in [2.05, 4.69) is 20.3 Å². The Hall–Kier alpha value is -1.59. The van der Waals surface area contributed by atoms with Crippen molar-refractivity contribution in [3.63, 3.8) is 0 Å². The average molecular weight is 313 g/mol. The molecule has 0 aliphatic carbocycles. The van der Waals surface area contributed by atoms with Crippen LogP contribution in [-0.2, 0) is 6.54 Å². The highest BCUT2D eigenvalue weighted by atomic mass is 35.5. The minimum atomic E-state index is 0.102. The molecule has 0 aliphatic heterocycles. The third-order valence-electron chi connectivity index (χ3n) is 2.39. The summed E-state index contributed by atoms with van der Waals surface area (Å²) in [6.45, 7) is 3.10. The second-order valence-electron chi connectivity index (χ2n) is 4.04. The van der Waals surface area contributed by atoms with Gasteiger partial charge < -0.3 is 10.1 Å². The molecule has 0 saturated heterocycles. The smallest absolute Gasteiger partial charge is 0.322 e. The minimum absolute atomic E-state index is 0.102. The second kappa shape index (κ2) is 7.26. The molecule has 0 fully saturated rings. The van der Waals surface area contributed by atoms with Crippen LogP contribution in [0.15, 0.2) is 24.3 Å². The number of hydrogen-bond acceptors (Lipinski definition) is 5. The molecule has 0 unspecified atom stereocenters. The lowest BCUT2D eigenvalue weighted by atomic mass is 10.2. The van der Waals surface area contributed by atoms with Gasteiger partial charge in [0.2, 0.25) is 11.2 Å². The predicted molar refractivity (Wildman–Crippen MR) is 79.4 cm³/mol. The van der Waals surface area contributed by atoms with E-state index < -0.39 is 0 Å². The first kappa shape index (κ1) is 14.8. The quantitative estimate of drug-likeness (QED) is 0.883. The van der Waals surface area contributed by atoms with Crippen LogP contribution in [0.4, 0.5) is 5.95 Å². The van der Waals surface area contributed by atoms with Gasteiger partial charge in [-0.25, -0.2) is 0 Å². The van der Waals surface area contributed by atoms with Crippen LogP contribution < -0.4 is 10.1 Å². The van der Waals surface area contributed by atoms with Crippen molar-refractivity contribution in [3.8, 4) is 6.01 Å². The van der Waals surface area contributed by atoms with E-state index in [-0.39, 0.29) is 11.3 Å². The molecule has 0 radical (unpaired) electrons. The first-order valence-corrected chi connectivity index (χ1v) is 6.95. The Bertz CT molecular complexity index is 563. The lowest BCUT2D eigenvalue weighted by Gasteiger charge is -2.07. The Balaban J connectivity index is 2.01. The van der Waals surface area contributed by atoms with E-state index in [1.807, 2.05) is 31.2 Å². The van der Waals surface area contributed by atoms with Crippen molar-refractivity contribution in [2.45, 2.75) is 19.9 Å². The Kier molecular flexibility index (Phi) is 5.38. The average Bonchev–Trinajstić information content (AvgIpc) is 2.44. The third kappa shape index (κ3) is 4.51. The number of nitrogens with zero attached hydrogens (tertiary/aromatic N) is 3. The summed E-state index contributed by atoms with van der Waals surface area (Å²) in [5.74, 6) is 0.381. The maximum absolute atomic E-state index is 5.83. The van der Waals surface area contributed by atoms with E-state index in [0.717, 1.165) is 12.0 Å². The van der Waals surface area contributed by atoms with Gasteiger partial charge in [0.25, 0.3) is 0 Å². The largest absolute Gasteiger partial charge is 0.463 e. The molecule has 2 rings (SSSR count). The van der Waals surface area contributed by atoms with Gasteiger partial charge in [0.1, 0.15) is 0 Å². The first-order chi connectivity index (χ1) is 9.67.